The van der Waals surface area contributed by atoms with Crippen LogP contribution >= 0.6 is 0 Å². The van der Waals surface area contributed by atoms with Crippen LogP contribution in [-0.4, -0.2) is 77.2 Å². The lowest BCUT2D eigenvalue weighted by Gasteiger charge is -2.51. The maximum Gasteiger partial charge on any atom is 0.410 e. The molecule has 0 aromatic heterocycles. The number of amides is 2. The lowest BCUT2D eigenvalue weighted by molar-refractivity contribution is -0.199. The van der Waals surface area contributed by atoms with Gasteiger partial charge in [0.2, 0.25) is 5.91 Å². The molecule has 4 heterocycles. The fraction of sp³-hybridized carbons (Fsp3) is 0.714. The number of rotatable bonds is 3. The lowest BCUT2D eigenvalue weighted by atomic mass is 9.68. The average Bonchev–Trinajstić information content (AvgIpc) is 3.65. The molecular weight excluding hydrogens is 483 g/mol. The van der Waals surface area contributed by atoms with Gasteiger partial charge in [-0.3, -0.25) is 4.79 Å². The van der Waals surface area contributed by atoms with Crippen molar-refractivity contribution in [3.8, 4) is 0 Å². The molecule has 2 atom stereocenters. The monoisotopic (exact) mass is 519 g/mol. The quantitative estimate of drug-likeness (QED) is 0.573. The van der Waals surface area contributed by atoms with E-state index in [1.165, 1.54) is 10.5 Å². The molecule has 1 aromatic rings. The Morgan fingerprint density at radius 1 is 1.00 bits per heavy atom. The molecule has 4 fully saturated rings. The van der Waals surface area contributed by atoms with Gasteiger partial charge in [-0.1, -0.05) is 24.3 Å². The van der Waals surface area contributed by atoms with Crippen LogP contribution in [0.2, 0.25) is 0 Å². The first kappa shape index (κ1) is 25.0. The van der Waals surface area contributed by atoms with Crippen molar-refractivity contribution in [1.29, 1.82) is 0 Å². The Labute approximate surface area is 216 Å². The van der Waals surface area contributed by atoms with Gasteiger partial charge in [0.1, 0.15) is 5.41 Å². The van der Waals surface area contributed by atoms with Gasteiger partial charge in [0.05, 0.1) is 6.61 Å². The molecule has 1 aromatic carbocycles. The van der Waals surface area contributed by atoms with E-state index in [0.717, 1.165) is 57.2 Å². The first-order chi connectivity index (χ1) is 17.7. The largest absolute Gasteiger partial charge is 0.450 e. The van der Waals surface area contributed by atoms with E-state index in [1.54, 1.807) is 0 Å². The van der Waals surface area contributed by atoms with Crippen molar-refractivity contribution >= 4 is 12.0 Å². The molecule has 2 unspecified atom stereocenters. The molecular formula is C28H36F3N3O3. The topological polar surface area (TPSA) is 53.1 Å². The number of carbonyl (C=O) groups is 2. The van der Waals surface area contributed by atoms with Crippen LogP contribution in [0.15, 0.2) is 24.3 Å². The molecule has 37 heavy (non-hydrogen) atoms. The minimum absolute atomic E-state index is 0.0961. The summed E-state index contributed by atoms with van der Waals surface area (Å²) >= 11 is 0. The predicted molar refractivity (Wildman–Crippen MR) is 131 cm³/mol. The summed E-state index contributed by atoms with van der Waals surface area (Å²) in [5, 5.41) is 0. The average molecular weight is 520 g/mol. The number of benzene rings is 1. The third-order valence-electron chi connectivity index (χ3n) is 9.89. The Morgan fingerprint density at radius 2 is 1.65 bits per heavy atom. The number of alkyl halides is 3. The highest BCUT2D eigenvalue weighted by molar-refractivity contribution is 5.86. The van der Waals surface area contributed by atoms with Crippen LogP contribution in [0, 0.1) is 5.41 Å². The van der Waals surface area contributed by atoms with Gasteiger partial charge in [-0.25, -0.2) is 4.79 Å². The molecule has 1 saturated carbocycles. The van der Waals surface area contributed by atoms with Crippen molar-refractivity contribution in [2.75, 3.05) is 26.2 Å². The molecule has 3 saturated heterocycles. The van der Waals surface area contributed by atoms with Crippen LogP contribution in [0.5, 0.6) is 0 Å². The minimum Gasteiger partial charge on any atom is -0.450 e. The Hall–Kier alpha value is -2.29. The summed E-state index contributed by atoms with van der Waals surface area (Å²) in [4.78, 5) is 31.7. The summed E-state index contributed by atoms with van der Waals surface area (Å²) in [5.74, 6) is -0.737. The van der Waals surface area contributed by atoms with Crippen LogP contribution < -0.4 is 0 Å². The number of hydrogen-bond donors (Lipinski definition) is 0. The molecule has 9 heteroatoms. The molecule has 2 amide bonds. The number of ether oxygens (including phenoxy) is 1. The zero-order chi connectivity index (χ0) is 26.0. The van der Waals surface area contributed by atoms with Gasteiger partial charge in [-0.2, -0.15) is 13.2 Å². The van der Waals surface area contributed by atoms with E-state index in [1.807, 2.05) is 30.0 Å². The number of nitrogens with zero attached hydrogens (tertiary/aromatic N) is 3. The van der Waals surface area contributed by atoms with Crippen LogP contribution in [0.3, 0.4) is 0 Å². The van der Waals surface area contributed by atoms with E-state index in [0.29, 0.717) is 19.2 Å². The molecule has 6 nitrogen and oxygen atoms in total. The van der Waals surface area contributed by atoms with Crippen LogP contribution in [0.1, 0.15) is 69.4 Å². The maximum absolute atomic E-state index is 13.8. The van der Waals surface area contributed by atoms with Crippen molar-refractivity contribution in [3.63, 3.8) is 0 Å². The van der Waals surface area contributed by atoms with Crippen molar-refractivity contribution < 1.29 is 27.5 Å². The maximum atomic E-state index is 13.8. The van der Waals surface area contributed by atoms with Crippen molar-refractivity contribution in [2.45, 2.75) is 94.6 Å². The molecule has 0 N–H and O–H groups in total. The van der Waals surface area contributed by atoms with Gasteiger partial charge in [0.15, 0.2) is 0 Å². The smallest absolute Gasteiger partial charge is 0.410 e. The standard InChI is InChI=1S/C28H36F3N3O3/c1-2-37-25(36)34-20-7-8-21(34)16-22(15-20)32-13-11-26(12-14-32)18-33(17-19-5-3-4-6-23(19)26)24(35)27(9-10-27)28(29,30)31/h3-6,20-22H,2,7-18H2,1H3. The van der Waals surface area contributed by atoms with Gasteiger partial charge in [0, 0.05) is 36.6 Å². The molecule has 2 bridgehead atoms. The van der Waals surface area contributed by atoms with Crippen molar-refractivity contribution in [1.82, 2.24) is 14.7 Å². The van der Waals surface area contributed by atoms with Gasteiger partial charge in [-0.15, -0.1) is 0 Å². The summed E-state index contributed by atoms with van der Waals surface area (Å²) in [7, 11) is 0. The second kappa shape index (κ2) is 8.89. The second-order valence-electron chi connectivity index (χ2n) is 11.8. The number of piperidine rings is 2. The van der Waals surface area contributed by atoms with Crippen LogP contribution in [-0.2, 0) is 21.5 Å². The van der Waals surface area contributed by atoms with Gasteiger partial charge >= 0.3 is 12.3 Å². The predicted octanol–water partition coefficient (Wildman–Crippen LogP) is 4.86. The normalized spacial score (nSPS) is 30.2. The van der Waals surface area contributed by atoms with Crippen LogP contribution in [0.25, 0.3) is 0 Å². The Morgan fingerprint density at radius 3 is 2.24 bits per heavy atom. The van der Waals surface area contributed by atoms with E-state index in [-0.39, 0.29) is 43.0 Å². The van der Waals surface area contributed by atoms with E-state index < -0.39 is 17.5 Å². The Kier molecular flexibility index (Phi) is 6.01. The number of likely N-dealkylation sites (tertiary alicyclic amines) is 1. The van der Waals surface area contributed by atoms with E-state index >= 15 is 0 Å². The molecule has 1 spiro atoms. The summed E-state index contributed by atoms with van der Waals surface area (Å²) in [5.41, 5.74) is -0.303. The first-order valence-electron chi connectivity index (χ1n) is 13.8. The SMILES string of the molecule is CCOC(=O)N1C2CCC1CC(N1CCC3(CC1)CN(C(=O)C1(C(F)(F)F)CC1)Cc1ccccc13)C2. The third kappa shape index (κ3) is 4.03. The second-order valence-corrected chi connectivity index (χ2v) is 11.8. The summed E-state index contributed by atoms with van der Waals surface area (Å²) in [6, 6.07) is 8.85. The minimum atomic E-state index is -4.49. The highest BCUT2D eigenvalue weighted by Gasteiger charge is 2.69. The van der Waals surface area contributed by atoms with E-state index in [4.69, 9.17) is 4.74 Å². The zero-order valence-electron chi connectivity index (χ0n) is 21.4. The third-order valence-corrected chi connectivity index (χ3v) is 9.89. The zero-order valence-corrected chi connectivity index (χ0v) is 21.4. The summed E-state index contributed by atoms with van der Waals surface area (Å²) < 4.78 is 46.7. The lowest BCUT2D eigenvalue weighted by Crippen LogP contribution is -2.58. The van der Waals surface area contributed by atoms with E-state index in [9.17, 15) is 22.8 Å². The van der Waals surface area contributed by atoms with Gasteiger partial charge in [0.25, 0.3) is 0 Å². The van der Waals surface area contributed by atoms with Crippen LogP contribution in [0.4, 0.5) is 18.0 Å². The highest BCUT2D eigenvalue weighted by Crippen LogP contribution is 2.59. The van der Waals surface area contributed by atoms with Gasteiger partial charge < -0.3 is 19.4 Å². The number of fused-ring (bicyclic) bond motifs is 4. The molecule has 6 rings (SSSR count). The summed E-state index contributed by atoms with van der Waals surface area (Å²) in [6.45, 7) is 4.54. The highest BCUT2D eigenvalue weighted by atomic mass is 19.4. The fourth-order valence-corrected chi connectivity index (χ4v) is 7.76. The number of hydrogen-bond acceptors (Lipinski definition) is 4. The fourth-order valence-electron chi connectivity index (χ4n) is 7.76. The Bertz CT molecular complexity index is 1050. The number of halogens is 3. The first-order valence-corrected chi connectivity index (χ1v) is 13.8. The van der Waals surface area contributed by atoms with Crippen molar-refractivity contribution in [2.24, 2.45) is 5.41 Å². The molecule has 202 valence electrons. The van der Waals surface area contributed by atoms with Gasteiger partial charge in [-0.05, 0) is 82.5 Å². The molecule has 5 aliphatic rings. The Balaban J connectivity index is 1.17. The number of carbonyl (C=O) groups excluding carboxylic acids is 2. The molecule has 0 radical (unpaired) electrons. The van der Waals surface area contributed by atoms with Crippen molar-refractivity contribution in [3.05, 3.63) is 35.4 Å². The summed E-state index contributed by atoms with van der Waals surface area (Å²) in [6.07, 6.45) is 0.682. The molecule has 4 aliphatic heterocycles. The van der Waals surface area contributed by atoms with E-state index in [2.05, 4.69) is 11.0 Å². The molecule has 1 aliphatic carbocycles.